The summed E-state index contributed by atoms with van der Waals surface area (Å²) in [5, 5.41) is 3.79. The molecule has 18 heavy (non-hydrogen) atoms. The third-order valence-electron chi connectivity index (χ3n) is 3.40. The summed E-state index contributed by atoms with van der Waals surface area (Å²) in [5.41, 5.74) is 6.56. The van der Waals surface area contributed by atoms with Gasteiger partial charge in [0.1, 0.15) is 5.82 Å². The highest BCUT2D eigenvalue weighted by Gasteiger charge is 2.20. The summed E-state index contributed by atoms with van der Waals surface area (Å²) in [4.78, 5) is 0. The fraction of sp³-hybridized carbons (Fsp3) is 0.571. The smallest absolute Gasteiger partial charge is 0.125 e. The predicted octanol–water partition coefficient (Wildman–Crippen LogP) is 3.26. The van der Waals surface area contributed by atoms with Crippen molar-refractivity contribution < 1.29 is 4.39 Å². The topological polar surface area (TPSA) is 38.0 Å². The summed E-state index contributed by atoms with van der Waals surface area (Å²) in [5.74, 6) is 0.641. The maximum Gasteiger partial charge on any atom is 0.125 e. The van der Waals surface area contributed by atoms with Crippen molar-refractivity contribution in [3.8, 4) is 0 Å². The van der Waals surface area contributed by atoms with Crippen molar-refractivity contribution in [1.29, 1.82) is 0 Å². The number of rotatable bonds is 7. The van der Waals surface area contributed by atoms with E-state index in [4.69, 9.17) is 17.3 Å². The average Bonchev–Trinajstić information content (AvgIpc) is 3.11. The molecule has 0 amide bonds. The average molecular weight is 271 g/mol. The summed E-state index contributed by atoms with van der Waals surface area (Å²) < 4.78 is 13.3. The lowest BCUT2D eigenvalue weighted by molar-refractivity contribution is 0.509. The van der Waals surface area contributed by atoms with Crippen LogP contribution in [0, 0.1) is 11.7 Å². The Labute approximate surface area is 113 Å². The molecule has 0 aromatic heterocycles. The third-order valence-corrected chi connectivity index (χ3v) is 3.62. The lowest BCUT2D eigenvalue weighted by Gasteiger charge is -2.17. The molecular formula is C14H20ClFN2. The van der Waals surface area contributed by atoms with E-state index in [0.29, 0.717) is 11.6 Å². The van der Waals surface area contributed by atoms with E-state index < -0.39 is 0 Å². The maximum atomic E-state index is 13.3. The van der Waals surface area contributed by atoms with Crippen LogP contribution in [0.5, 0.6) is 0 Å². The van der Waals surface area contributed by atoms with Gasteiger partial charge in [-0.3, -0.25) is 0 Å². The standard InChI is InChI=1S/C14H20ClFN2/c15-12-6-11(7-13(16)8-12)14(9-17)18-5-1-2-10-3-4-10/h6-8,10,14,18H,1-5,9,17H2. The van der Waals surface area contributed by atoms with Crippen LogP contribution < -0.4 is 11.1 Å². The summed E-state index contributed by atoms with van der Waals surface area (Å²) in [7, 11) is 0. The first-order valence-electron chi connectivity index (χ1n) is 6.58. The van der Waals surface area contributed by atoms with Crippen molar-refractivity contribution in [2.45, 2.75) is 31.7 Å². The second-order valence-electron chi connectivity index (χ2n) is 5.03. The van der Waals surface area contributed by atoms with Crippen molar-refractivity contribution in [3.05, 3.63) is 34.6 Å². The fourth-order valence-corrected chi connectivity index (χ4v) is 2.42. The van der Waals surface area contributed by atoms with E-state index in [0.717, 1.165) is 24.4 Å². The van der Waals surface area contributed by atoms with Crippen LogP contribution in [0.4, 0.5) is 4.39 Å². The number of nitrogens with one attached hydrogen (secondary N) is 1. The molecule has 3 N–H and O–H groups in total. The zero-order chi connectivity index (χ0) is 13.0. The van der Waals surface area contributed by atoms with E-state index in [1.807, 2.05) is 0 Å². The predicted molar refractivity (Wildman–Crippen MR) is 73.2 cm³/mol. The quantitative estimate of drug-likeness (QED) is 0.747. The van der Waals surface area contributed by atoms with Gasteiger partial charge in [0.15, 0.2) is 0 Å². The first kappa shape index (κ1) is 13.8. The molecule has 1 atom stereocenters. The van der Waals surface area contributed by atoms with Gasteiger partial charge in [-0.25, -0.2) is 4.39 Å². The van der Waals surface area contributed by atoms with E-state index in [9.17, 15) is 4.39 Å². The molecule has 0 radical (unpaired) electrons. The van der Waals surface area contributed by atoms with Crippen molar-refractivity contribution in [2.24, 2.45) is 11.7 Å². The van der Waals surface area contributed by atoms with Gasteiger partial charge in [-0.1, -0.05) is 24.4 Å². The van der Waals surface area contributed by atoms with Crippen LogP contribution in [-0.4, -0.2) is 13.1 Å². The zero-order valence-electron chi connectivity index (χ0n) is 10.5. The van der Waals surface area contributed by atoms with E-state index in [1.165, 1.54) is 31.4 Å². The Bertz CT molecular complexity index is 373. The van der Waals surface area contributed by atoms with Gasteiger partial charge in [-0.05, 0) is 49.1 Å². The minimum Gasteiger partial charge on any atom is -0.329 e. The minimum absolute atomic E-state index is 0.0163. The Hall–Kier alpha value is -0.640. The molecule has 1 aliphatic rings. The van der Waals surface area contributed by atoms with Crippen LogP contribution >= 0.6 is 11.6 Å². The summed E-state index contributed by atoms with van der Waals surface area (Å²) in [6, 6.07) is 4.57. The Morgan fingerprint density at radius 3 is 2.78 bits per heavy atom. The molecule has 0 heterocycles. The molecule has 2 rings (SSSR count). The number of hydrogen-bond donors (Lipinski definition) is 2. The Balaban J connectivity index is 1.85. The molecule has 0 bridgehead atoms. The number of nitrogens with two attached hydrogens (primary N) is 1. The minimum atomic E-state index is -0.310. The van der Waals surface area contributed by atoms with Crippen LogP contribution in [0.15, 0.2) is 18.2 Å². The third kappa shape index (κ3) is 4.23. The van der Waals surface area contributed by atoms with E-state index in [2.05, 4.69) is 5.32 Å². The largest absolute Gasteiger partial charge is 0.329 e. The van der Waals surface area contributed by atoms with E-state index in [-0.39, 0.29) is 11.9 Å². The number of halogens is 2. The molecular weight excluding hydrogens is 251 g/mol. The second-order valence-corrected chi connectivity index (χ2v) is 5.47. The monoisotopic (exact) mass is 270 g/mol. The summed E-state index contributed by atoms with van der Waals surface area (Å²) in [6.07, 6.45) is 5.22. The Morgan fingerprint density at radius 2 is 2.17 bits per heavy atom. The Morgan fingerprint density at radius 1 is 1.39 bits per heavy atom. The second kappa shape index (κ2) is 6.50. The normalized spacial score (nSPS) is 16.8. The first-order valence-corrected chi connectivity index (χ1v) is 6.96. The van der Waals surface area contributed by atoms with Gasteiger partial charge in [-0.15, -0.1) is 0 Å². The van der Waals surface area contributed by atoms with Crippen molar-refractivity contribution in [1.82, 2.24) is 5.32 Å². The van der Waals surface area contributed by atoms with Crippen LogP contribution in [0.2, 0.25) is 5.02 Å². The van der Waals surface area contributed by atoms with Gasteiger partial charge >= 0.3 is 0 Å². The van der Waals surface area contributed by atoms with Crippen LogP contribution in [0.25, 0.3) is 0 Å². The fourth-order valence-electron chi connectivity index (χ4n) is 2.19. The van der Waals surface area contributed by atoms with Gasteiger partial charge < -0.3 is 11.1 Å². The van der Waals surface area contributed by atoms with Gasteiger partial charge in [-0.2, -0.15) is 0 Å². The zero-order valence-corrected chi connectivity index (χ0v) is 11.2. The highest BCUT2D eigenvalue weighted by Crippen LogP contribution is 2.33. The highest BCUT2D eigenvalue weighted by molar-refractivity contribution is 6.30. The van der Waals surface area contributed by atoms with Crippen LogP contribution in [0.1, 0.15) is 37.3 Å². The van der Waals surface area contributed by atoms with Crippen molar-refractivity contribution in [2.75, 3.05) is 13.1 Å². The molecule has 1 saturated carbocycles. The Kier molecular flexibility index (Phi) is 4.98. The SMILES string of the molecule is NCC(NCCCC1CC1)c1cc(F)cc(Cl)c1. The summed E-state index contributed by atoms with van der Waals surface area (Å²) >= 11 is 5.85. The van der Waals surface area contributed by atoms with Gasteiger partial charge in [0.25, 0.3) is 0 Å². The van der Waals surface area contributed by atoms with E-state index >= 15 is 0 Å². The molecule has 2 nitrogen and oxygen atoms in total. The molecule has 1 aromatic rings. The molecule has 1 unspecified atom stereocenters. The molecule has 0 spiro atoms. The lowest BCUT2D eigenvalue weighted by atomic mass is 10.1. The maximum absolute atomic E-state index is 13.3. The molecule has 1 aliphatic carbocycles. The summed E-state index contributed by atoms with van der Waals surface area (Å²) in [6.45, 7) is 1.37. The molecule has 0 saturated heterocycles. The molecule has 1 fully saturated rings. The number of benzene rings is 1. The van der Waals surface area contributed by atoms with Gasteiger partial charge in [0, 0.05) is 17.6 Å². The van der Waals surface area contributed by atoms with E-state index in [1.54, 1.807) is 6.07 Å². The molecule has 4 heteroatoms. The van der Waals surface area contributed by atoms with Gasteiger partial charge in [0.2, 0.25) is 0 Å². The van der Waals surface area contributed by atoms with Crippen molar-refractivity contribution in [3.63, 3.8) is 0 Å². The van der Waals surface area contributed by atoms with Crippen LogP contribution in [0.3, 0.4) is 0 Å². The molecule has 0 aliphatic heterocycles. The van der Waals surface area contributed by atoms with Crippen molar-refractivity contribution >= 4 is 11.6 Å². The highest BCUT2D eigenvalue weighted by atomic mass is 35.5. The molecule has 1 aromatic carbocycles. The van der Waals surface area contributed by atoms with Gasteiger partial charge in [0.05, 0.1) is 0 Å². The first-order chi connectivity index (χ1) is 8.69. The van der Waals surface area contributed by atoms with Crippen LogP contribution in [-0.2, 0) is 0 Å². The number of hydrogen-bond acceptors (Lipinski definition) is 2. The lowest BCUT2D eigenvalue weighted by Crippen LogP contribution is -2.29. The molecule has 100 valence electrons.